The van der Waals surface area contributed by atoms with Crippen LogP contribution in [-0.4, -0.2) is 39.8 Å². The maximum absolute atomic E-state index is 12.0. The summed E-state index contributed by atoms with van der Waals surface area (Å²) in [5, 5.41) is 5.78. The van der Waals surface area contributed by atoms with Gasteiger partial charge in [0.15, 0.2) is 11.5 Å². The molecule has 0 heterocycles. The number of carbonyl (C=O) groups excluding carboxylic acids is 1. The predicted molar refractivity (Wildman–Crippen MR) is 85.4 cm³/mol. The molecule has 0 radical (unpaired) electrons. The summed E-state index contributed by atoms with van der Waals surface area (Å²) in [5.74, 6) is 1.00. The van der Waals surface area contributed by atoms with Crippen molar-refractivity contribution in [2.24, 2.45) is 0 Å². The molecule has 1 aromatic rings. The van der Waals surface area contributed by atoms with E-state index in [0.29, 0.717) is 34.7 Å². The summed E-state index contributed by atoms with van der Waals surface area (Å²) in [7, 11) is 3.38. The highest BCUT2D eigenvalue weighted by Crippen LogP contribution is 2.36. The second-order valence-electron chi connectivity index (χ2n) is 3.78. The number of methoxy groups -OCH3 is 1. The van der Waals surface area contributed by atoms with Crippen molar-refractivity contribution >= 4 is 34.2 Å². The van der Waals surface area contributed by atoms with Gasteiger partial charge in [-0.05, 0) is 42.0 Å². The zero-order chi connectivity index (χ0) is 14.3. The van der Waals surface area contributed by atoms with Crippen molar-refractivity contribution in [1.82, 2.24) is 10.6 Å². The summed E-state index contributed by atoms with van der Waals surface area (Å²) in [4.78, 5) is 12.0. The normalized spacial score (nSPS) is 9.60. The Labute approximate surface area is 133 Å². The molecule has 0 aliphatic carbocycles. The van der Waals surface area contributed by atoms with E-state index in [1.807, 2.05) is 14.0 Å². The lowest BCUT2D eigenvalue weighted by atomic mass is 10.2. The van der Waals surface area contributed by atoms with Gasteiger partial charge >= 0.3 is 0 Å². The Bertz CT molecular complexity index is 444. The number of halogens is 2. The highest BCUT2D eigenvalue weighted by molar-refractivity contribution is 9.10. The predicted octanol–water partition coefficient (Wildman–Crippen LogP) is 2.23. The zero-order valence-corrected chi connectivity index (χ0v) is 14.2. The molecule has 1 aromatic carbocycles. The van der Waals surface area contributed by atoms with Crippen molar-refractivity contribution < 1.29 is 14.3 Å². The lowest BCUT2D eigenvalue weighted by Gasteiger charge is -2.13. The van der Waals surface area contributed by atoms with Crippen LogP contribution in [0.15, 0.2) is 16.6 Å². The first-order valence-electron chi connectivity index (χ1n) is 6.07. The third kappa shape index (κ3) is 5.19. The molecule has 0 aliphatic rings. The van der Waals surface area contributed by atoms with Gasteiger partial charge in [0, 0.05) is 18.7 Å². The number of benzene rings is 1. The van der Waals surface area contributed by atoms with E-state index >= 15 is 0 Å². The third-order valence-electron chi connectivity index (χ3n) is 2.44. The molecular weight excluding hydrogens is 348 g/mol. The van der Waals surface area contributed by atoms with Gasteiger partial charge in [0.25, 0.3) is 5.91 Å². The minimum absolute atomic E-state index is 0. The molecule has 1 amide bonds. The van der Waals surface area contributed by atoms with E-state index in [2.05, 4.69) is 26.6 Å². The molecule has 0 aliphatic heterocycles. The highest BCUT2D eigenvalue weighted by atomic mass is 79.9. The molecule has 0 fully saturated rings. The molecule has 7 heteroatoms. The average molecular weight is 368 g/mol. The lowest BCUT2D eigenvalue weighted by molar-refractivity contribution is 0.0953. The van der Waals surface area contributed by atoms with Crippen molar-refractivity contribution in [3.63, 3.8) is 0 Å². The molecule has 2 N–H and O–H groups in total. The van der Waals surface area contributed by atoms with Gasteiger partial charge in [0.1, 0.15) is 0 Å². The van der Waals surface area contributed by atoms with Crippen LogP contribution in [0.1, 0.15) is 17.3 Å². The van der Waals surface area contributed by atoms with Crippen LogP contribution in [0.4, 0.5) is 0 Å². The number of ether oxygens (including phenoxy) is 2. The van der Waals surface area contributed by atoms with E-state index in [9.17, 15) is 4.79 Å². The van der Waals surface area contributed by atoms with Crippen LogP contribution in [0.5, 0.6) is 11.5 Å². The molecule has 0 unspecified atom stereocenters. The van der Waals surface area contributed by atoms with Gasteiger partial charge in [-0.1, -0.05) is 0 Å². The van der Waals surface area contributed by atoms with Crippen molar-refractivity contribution in [2.45, 2.75) is 6.92 Å². The van der Waals surface area contributed by atoms with Crippen LogP contribution in [0, 0.1) is 0 Å². The van der Waals surface area contributed by atoms with E-state index in [0.717, 1.165) is 6.54 Å². The number of nitrogens with one attached hydrogen (secondary N) is 2. The van der Waals surface area contributed by atoms with Crippen molar-refractivity contribution in [2.75, 3.05) is 33.9 Å². The smallest absolute Gasteiger partial charge is 0.251 e. The Balaban J connectivity index is 0.00000361. The SMILES string of the molecule is CCOc1c(Br)cc(C(=O)NCCNC)cc1OC.Cl. The number of rotatable bonds is 7. The second kappa shape index (κ2) is 9.85. The maximum atomic E-state index is 12.0. The number of likely N-dealkylation sites (N-methyl/N-ethyl adjacent to an activating group) is 1. The molecule has 1 rings (SSSR count). The van der Waals surface area contributed by atoms with Gasteiger partial charge < -0.3 is 20.1 Å². The molecule has 0 spiro atoms. The van der Waals surface area contributed by atoms with E-state index in [4.69, 9.17) is 9.47 Å². The molecule has 0 aromatic heterocycles. The molecule has 0 atom stereocenters. The van der Waals surface area contributed by atoms with E-state index in [1.165, 1.54) is 0 Å². The van der Waals surface area contributed by atoms with Gasteiger partial charge in [-0.25, -0.2) is 0 Å². The fraction of sp³-hybridized carbons (Fsp3) is 0.462. The monoisotopic (exact) mass is 366 g/mol. The fourth-order valence-corrected chi connectivity index (χ4v) is 2.09. The van der Waals surface area contributed by atoms with Gasteiger partial charge in [-0.3, -0.25) is 4.79 Å². The van der Waals surface area contributed by atoms with Crippen LogP contribution >= 0.6 is 28.3 Å². The van der Waals surface area contributed by atoms with Crippen molar-refractivity contribution in [1.29, 1.82) is 0 Å². The number of amides is 1. The van der Waals surface area contributed by atoms with E-state index in [-0.39, 0.29) is 18.3 Å². The summed E-state index contributed by atoms with van der Waals surface area (Å²) in [5.41, 5.74) is 0.531. The summed E-state index contributed by atoms with van der Waals surface area (Å²) < 4.78 is 11.4. The number of carbonyl (C=O) groups is 1. The maximum Gasteiger partial charge on any atom is 0.251 e. The topological polar surface area (TPSA) is 59.6 Å². The Morgan fingerprint density at radius 3 is 2.60 bits per heavy atom. The van der Waals surface area contributed by atoms with Crippen LogP contribution in [-0.2, 0) is 0 Å². The van der Waals surface area contributed by atoms with Crippen LogP contribution in [0.25, 0.3) is 0 Å². The Morgan fingerprint density at radius 1 is 1.35 bits per heavy atom. The summed E-state index contributed by atoms with van der Waals surface area (Å²) in [6, 6.07) is 3.40. The Kier molecular flexibility index (Phi) is 9.37. The average Bonchev–Trinajstić information content (AvgIpc) is 2.41. The van der Waals surface area contributed by atoms with E-state index < -0.39 is 0 Å². The highest BCUT2D eigenvalue weighted by Gasteiger charge is 2.14. The largest absolute Gasteiger partial charge is 0.493 e. The molecular formula is C13H20BrClN2O3. The Morgan fingerprint density at radius 2 is 2.05 bits per heavy atom. The first-order chi connectivity index (χ1) is 9.13. The first-order valence-corrected chi connectivity index (χ1v) is 6.86. The van der Waals surface area contributed by atoms with Crippen molar-refractivity contribution in [3.05, 3.63) is 22.2 Å². The van der Waals surface area contributed by atoms with Gasteiger partial charge in [-0.2, -0.15) is 0 Å². The van der Waals surface area contributed by atoms with Crippen LogP contribution in [0.2, 0.25) is 0 Å². The molecule has 114 valence electrons. The summed E-state index contributed by atoms with van der Waals surface area (Å²) >= 11 is 3.39. The summed E-state index contributed by atoms with van der Waals surface area (Å²) in [6.45, 7) is 3.72. The number of hydrogen-bond donors (Lipinski definition) is 2. The van der Waals surface area contributed by atoms with Gasteiger partial charge in [0.2, 0.25) is 0 Å². The lowest BCUT2D eigenvalue weighted by Crippen LogP contribution is -2.30. The summed E-state index contributed by atoms with van der Waals surface area (Å²) in [6.07, 6.45) is 0. The van der Waals surface area contributed by atoms with E-state index in [1.54, 1.807) is 19.2 Å². The Hall–Kier alpha value is -0.980. The quantitative estimate of drug-likeness (QED) is 0.726. The minimum Gasteiger partial charge on any atom is -0.493 e. The first kappa shape index (κ1) is 19.0. The molecule has 5 nitrogen and oxygen atoms in total. The van der Waals surface area contributed by atoms with Gasteiger partial charge in [-0.15, -0.1) is 12.4 Å². The fourth-order valence-electron chi connectivity index (χ4n) is 1.54. The van der Waals surface area contributed by atoms with Crippen LogP contribution in [0.3, 0.4) is 0 Å². The standard InChI is InChI=1S/C13H19BrN2O3.ClH/c1-4-19-12-10(14)7-9(8-11(12)18-3)13(17)16-6-5-15-2;/h7-8,15H,4-6H2,1-3H3,(H,16,17);1H. The molecule has 0 saturated heterocycles. The molecule has 20 heavy (non-hydrogen) atoms. The number of hydrogen-bond acceptors (Lipinski definition) is 4. The molecule has 0 bridgehead atoms. The second-order valence-corrected chi connectivity index (χ2v) is 4.64. The van der Waals surface area contributed by atoms with Gasteiger partial charge in [0.05, 0.1) is 18.2 Å². The van der Waals surface area contributed by atoms with Crippen LogP contribution < -0.4 is 20.1 Å². The zero-order valence-electron chi connectivity index (χ0n) is 11.8. The minimum atomic E-state index is -0.141. The third-order valence-corrected chi connectivity index (χ3v) is 3.03. The molecule has 0 saturated carbocycles. The van der Waals surface area contributed by atoms with Crippen molar-refractivity contribution in [3.8, 4) is 11.5 Å².